The quantitative estimate of drug-likeness (QED) is 0.872. The Labute approximate surface area is 130 Å². The minimum absolute atomic E-state index is 0.168. The molecule has 1 amide bonds. The number of nitriles is 1. The maximum atomic E-state index is 12.4. The van der Waals surface area contributed by atoms with Crippen LogP contribution in [0.25, 0.3) is 0 Å². The van der Waals surface area contributed by atoms with E-state index in [1.165, 1.54) is 0 Å². The molecule has 112 valence electrons. The lowest BCUT2D eigenvalue weighted by atomic mass is 10.0. The molecule has 2 rings (SSSR count). The second-order valence-electron chi connectivity index (χ2n) is 4.12. The van der Waals surface area contributed by atoms with E-state index in [0.717, 1.165) is 0 Å². The van der Waals surface area contributed by atoms with Crippen molar-refractivity contribution in [2.75, 3.05) is 5.32 Å². The number of hydrogen-bond donors (Lipinski definition) is 1. The molecule has 0 spiro atoms. The maximum absolute atomic E-state index is 12.4. The Kier molecular flexibility index (Phi) is 7.07. The molecule has 0 radical (unpaired) electrons. The first-order valence-electron chi connectivity index (χ1n) is 7.08. The summed E-state index contributed by atoms with van der Waals surface area (Å²) in [5.74, 6) is -0.598. The van der Waals surface area contributed by atoms with Gasteiger partial charge in [0.1, 0.15) is 6.42 Å². The van der Waals surface area contributed by atoms with Crippen molar-refractivity contribution >= 4 is 17.4 Å². The summed E-state index contributed by atoms with van der Waals surface area (Å²) in [5.41, 5.74) is 1.38. The van der Waals surface area contributed by atoms with E-state index < -0.39 is 5.91 Å². The van der Waals surface area contributed by atoms with Gasteiger partial charge in [0.2, 0.25) is 5.91 Å². The summed E-state index contributed by atoms with van der Waals surface area (Å²) >= 11 is 0. The second-order valence-corrected chi connectivity index (χ2v) is 4.12. The Morgan fingerprint density at radius 2 is 1.59 bits per heavy atom. The van der Waals surface area contributed by atoms with Crippen molar-refractivity contribution < 1.29 is 9.59 Å². The third kappa shape index (κ3) is 4.57. The smallest absolute Gasteiger partial charge is 0.238 e. The fourth-order valence-electron chi connectivity index (χ4n) is 1.80. The molecule has 0 heterocycles. The van der Waals surface area contributed by atoms with Crippen molar-refractivity contribution in [1.29, 1.82) is 5.26 Å². The van der Waals surface area contributed by atoms with Crippen LogP contribution in [0.2, 0.25) is 0 Å². The molecule has 0 aliphatic carbocycles. The highest BCUT2D eigenvalue weighted by Gasteiger charge is 2.14. The standard InChI is InChI=1S/C16H12N2O2.C2H6/c17-11-10-15(19)18-14-9-5-4-8-13(14)16(20)12-6-2-1-3-7-12;1-2/h1-9H,10H2,(H,18,19);1-2H3. The SMILES string of the molecule is CC.N#CCC(=O)Nc1ccccc1C(=O)c1ccccc1. The Morgan fingerprint density at radius 1 is 1.00 bits per heavy atom. The van der Waals surface area contributed by atoms with Crippen molar-refractivity contribution in [2.24, 2.45) is 0 Å². The van der Waals surface area contributed by atoms with Gasteiger partial charge in [0.15, 0.2) is 5.78 Å². The number of carbonyl (C=O) groups is 2. The molecule has 2 aromatic carbocycles. The molecule has 0 saturated carbocycles. The van der Waals surface area contributed by atoms with Gasteiger partial charge in [0.05, 0.1) is 11.8 Å². The number of ketones is 1. The van der Waals surface area contributed by atoms with Gasteiger partial charge >= 0.3 is 0 Å². The van der Waals surface area contributed by atoms with Crippen LogP contribution in [0.15, 0.2) is 54.6 Å². The van der Waals surface area contributed by atoms with E-state index in [0.29, 0.717) is 16.8 Å². The molecular weight excluding hydrogens is 276 g/mol. The number of nitrogens with one attached hydrogen (secondary N) is 1. The summed E-state index contributed by atoms with van der Waals surface area (Å²) in [4.78, 5) is 23.9. The highest BCUT2D eigenvalue weighted by molar-refractivity contribution is 6.13. The van der Waals surface area contributed by atoms with Gasteiger partial charge in [-0.1, -0.05) is 56.3 Å². The first-order valence-corrected chi connectivity index (χ1v) is 7.08. The predicted octanol–water partition coefficient (Wildman–Crippen LogP) is 3.80. The summed E-state index contributed by atoms with van der Waals surface area (Å²) < 4.78 is 0. The Morgan fingerprint density at radius 3 is 2.23 bits per heavy atom. The van der Waals surface area contributed by atoms with Crippen LogP contribution in [0.1, 0.15) is 36.2 Å². The van der Waals surface area contributed by atoms with Gasteiger partial charge in [-0.15, -0.1) is 0 Å². The zero-order valence-electron chi connectivity index (χ0n) is 12.7. The summed E-state index contributed by atoms with van der Waals surface area (Å²) in [6.45, 7) is 4.00. The molecule has 0 atom stereocenters. The third-order valence-corrected chi connectivity index (χ3v) is 2.72. The van der Waals surface area contributed by atoms with E-state index >= 15 is 0 Å². The number of anilines is 1. The molecule has 1 N–H and O–H groups in total. The zero-order chi connectivity index (χ0) is 16.4. The summed E-state index contributed by atoms with van der Waals surface area (Å²) in [6, 6.07) is 17.4. The average Bonchev–Trinajstić information content (AvgIpc) is 2.57. The van der Waals surface area contributed by atoms with Crippen molar-refractivity contribution in [2.45, 2.75) is 20.3 Å². The molecule has 4 nitrogen and oxygen atoms in total. The lowest BCUT2D eigenvalue weighted by molar-refractivity contribution is -0.115. The normalized spacial score (nSPS) is 8.95. The highest BCUT2D eigenvalue weighted by Crippen LogP contribution is 2.19. The summed E-state index contributed by atoms with van der Waals surface area (Å²) in [5, 5.41) is 11.1. The van der Waals surface area contributed by atoms with Crippen molar-refractivity contribution in [3.63, 3.8) is 0 Å². The van der Waals surface area contributed by atoms with Gasteiger partial charge in [-0.2, -0.15) is 5.26 Å². The van der Waals surface area contributed by atoms with Crippen LogP contribution in [0.3, 0.4) is 0 Å². The van der Waals surface area contributed by atoms with Gasteiger partial charge in [0, 0.05) is 11.1 Å². The fraction of sp³-hybridized carbons (Fsp3) is 0.167. The molecule has 0 aliphatic heterocycles. The number of rotatable bonds is 4. The van der Waals surface area contributed by atoms with Crippen molar-refractivity contribution in [1.82, 2.24) is 0 Å². The monoisotopic (exact) mass is 294 g/mol. The second kappa shape index (κ2) is 9.09. The van der Waals surface area contributed by atoms with Crippen LogP contribution in [0, 0.1) is 11.3 Å². The molecular formula is C18H18N2O2. The third-order valence-electron chi connectivity index (χ3n) is 2.72. The van der Waals surface area contributed by atoms with Crippen molar-refractivity contribution in [3.05, 3.63) is 65.7 Å². The zero-order valence-corrected chi connectivity index (χ0v) is 12.7. The molecule has 0 unspecified atom stereocenters. The number of carbonyl (C=O) groups excluding carboxylic acids is 2. The highest BCUT2D eigenvalue weighted by atomic mass is 16.1. The topological polar surface area (TPSA) is 70.0 Å². The lowest BCUT2D eigenvalue weighted by Crippen LogP contribution is -2.14. The fourth-order valence-corrected chi connectivity index (χ4v) is 1.80. The van der Waals surface area contributed by atoms with E-state index in [9.17, 15) is 9.59 Å². The van der Waals surface area contributed by atoms with Gasteiger partial charge in [-0.25, -0.2) is 0 Å². The van der Waals surface area contributed by atoms with E-state index in [1.807, 2.05) is 19.9 Å². The van der Waals surface area contributed by atoms with E-state index in [2.05, 4.69) is 5.32 Å². The first-order chi connectivity index (χ1) is 10.7. The maximum Gasteiger partial charge on any atom is 0.238 e. The summed E-state index contributed by atoms with van der Waals surface area (Å²) in [7, 11) is 0. The number of para-hydroxylation sites is 1. The molecule has 0 fully saturated rings. The number of nitrogens with zero attached hydrogens (tertiary/aromatic N) is 1. The molecule has 0 aliphatic rings. The van der Waals surface area contributed by atoms with Crippen LogP contribution in [-0.2, 0) is 4.79 Å². The van der Waals surface area contributed by atoms with Gasteiger partial charge < -0.3 is 5.32 Å². The Hall–Kier alpha value is -2.93. The number of hydrogen-bond acceptors (Lipinski definition) is 3. The Balaban J connectivity index is 0.00000116. The minimum Gasteiger partial charge on any atom is -0.325 e. The molecule has 0 saturated heterocycles. The summed E-state index contributed by atoms with van der Waals surface area (Å²) in [6.07, 6.45) is -0.242. The van der Waals surface area contributed by atoms with Crippen LogP contribution in [-0.4, -0.2) is 11.7 Å². The first kappa shape index (κ1) is 17.1. The molecule has 0 bridgehead atoms. The molecule has 4 heteroatoms. The van der Waals surface area contributed by atoms with Crippen LogP contribution in [0.4, 0.5) is 5.69 Å². The molecule has 22 heavy (non-hydrogen) atoms. The average molecular weight is 294 g/mol. The van der Waals surface area contributed by atoms with Crippen LogP contribution >= 0.6 is 0 Å². The van der Waals surface area contributed by atoms with Gasteiger partial charge in [-0.3, -0.25) is 9.59 Å². The van der Waals surface area contributed by atoms with Crippen LogP contribution in [0.5, 0.6) is 0 Å². The predicted molar refractivity (Wildman–Crippen MR) is 86.5 cm³/mol. The molecule has 0 aromatic heterocycles. The largest absolute Gasteiger partial charge is 0.325 e. The molecule has 2 aromatic rings. The van der Waals surface area contributed by atoms with Crippen molar-refractivity contribution in [3.8, 4) is 6.07 Å². The minimum atomic E-state index is -0.430. The van der Waals surface area contributed by atoms with E-state index in [4.69, 9.17) is 5.26 Å². The van der Waals surface area contributed by atoms with Gasteiger partial charge in [-0.05, 0) is 12.1 Å². The lowest BCUT2D eigenvalue weighted by Gasteiger charge is -2.09. The van der Waals surface area contributed by atoms with E-state index in [-0.39, 0.29) is 12.2 Å². The number of benzene rings is 2. The Bertz CT molecular complexity index is 673. The van der Waals surface area contributed by atoms with Gasteiger partial charge in [0.25, 0.3) is 0 Å². The van der Waals surface area contributed by atoms with E-state index in [1.54, 1.807) is 54.6 Å². The van der Waals surface area contributed by atoms with Crippen LogP contribution < -0.4 is 5.32 Å². The number of amides is 1.